The third-order valence-electron chi connectivity index (χ3n) is 3.47. The second kappa shape index (κ2) is 7.65. The molecule has 0 aromatic carbocycles. The molecule has 108 valence electrons. The first-order chi connectivity index (χ1) is 9.31. The second-order valence-electron chi connectivity index (χ2n) is 5.64. The zero-order valence-corrected chi connectivity index (χ0v) is 12.3. The van der Waals surface area contributed by atoms with Gasteiger partial charge in [0.1, 0.15) is 0 Å². The maximum Gasteiger partial charge on any atom is 0.151 e. The Morgan fingerprint density at radius 1 is 1.37 bits per heavy atom. The molecule has 1 fully saturated rings. The van der Waals surface area contributed by atoms with Crippen LogP contribution in [0.5, 0.6) is 0 Å². The molecule has 1 aliphatic carbocycles. The third kappa shape index (κ3) is 5.33. The molecule has 1 aromatic heterocycles. The van der Waals surface area contributed by atoms with E-state index in [0.717, 1.165) is 50.0 Å². The summed E-state index contributed by atoms with van der Waals surface area (Å²) in [6.07, 6.45) is 5.16. The van der Waals surface area contributed by atoms with Crippen LogP contribution in [0.1, 0.15) is 51.0 Å². The molecule has 1 saturated carbocycles. The van der Waals surface area contributed by atoms with E-state index in [1.54, 1.807) is 0 Å². The van der Waals surface area contributed by atoms with Crippen molar-refractivity contribution in [3.05, 3.63) is 17.5 Å². The fraction of sp³-hybridized carbons (Fsp3) is 0.800. The van der Waals surface area contributed by atoms with Crippen LogP contribution >= 0.6 is 0 Å². The van der Waals surface area contributed by atoms with Gasteiger partial charge in [-0.25, -0.2) is 0 Å². The fourth-order valence-electron chi connectivity index (χ4n) is 2.34. The van der Waals surface area contributed by atoms with E-state index in [1.165, 1.54) is 25.8 Å². The molecule has 0 bridgehead atoms. The maximum absolute atomic E-state index is 5.44. The van der Waals surface area contributed by atoms with Crippen LogP contribution in [0.3, 0.4) is 0 Å². The molecule has 1 N–H and O–H groups in total. The van der Waals surface area contributed by atoms with Crippen LogP contribution in [0.25, 0.3) is 0 Å². The lowest BCUT2D eigenvalue weighted by atomic mass is 10.3. The molecule has 2 rings (SSSR count). The predicted octanol–water partition coefficient (Wildman–Crippen LogP) is 2.80. The Hall–Kier alpha value is -0.870. The number of hydrogen-bond donors (Lipinski definition) is 1. The molecule has 1 aliphatic rings. The number of nitrogens with zero attached hydrogens (tertiary/aromatic N) is 2. The van der Waals surface area contributed by atoms with Crippen molar-refractivity contribution < 1.29 is 4.52 Å². The summed E-state index contributed by atoms with van der Waals surface area (Å²) in [7, 11) is 0. The van der Waals surface area contributed by atoms with E-state index in [1.807, 2.05) is 0 Å². The molecular weight excluding hydrogens is 238 g/mol. The molecule has 0 saturated heterocycles. The van der Waals surface area contributed by atoms with Gasteiger partial charge in [0.15, 0.2) is 5.76 Å². The van der Waals surface area contributed by atoms with E-state index in [9.17, 15) is 0 Å². The molecule has 0 spiro atoms. The van der Waals surface area contributed by atoms with Gasteiger partial charge in [0.05, 0.1) is 12.2 Å². The smallest absolute Gasteiger partial charge is 0.151 e. The van der Waals surface area contributed by atoms with Crippen LogP contribution in [0, 0.1) is 5.92 Å². The van der Waals surface area contributed by atoms with Gasteiger partial charge in [-0.05, 0) is 44.7 Å². The highest BCUT2D eigenvalue weighted by atomic mass is 16.5. The highest BCUT2D eigenvalue weighted by molar-refractivity contribution is 5.05. The summed E-state index contributed by atoms with van der Waals surface area (Å²) in [5.74, 6) is 1.93. The van der Waals surface area contributed by atoms with Gasteiger partial charge in [0.25, 0.3) is 0 Å². The molecular formula is C15H27N3O. The van der Waals surface area contributed by atoms with Crippen molar-refractivity contribution in [2.45, 2.75) is 52.6 Å². The van der Waals surface area contributed by atoms with Crippen LogP contribution in [0.4, 0.5) is 0 Å². The van der Waals surface area contributed by atoms with Gasteiger partial charge in [-0.15, -0.1) is 0 Å². The number of nitrogens with one attached hydrogen (secondary N) is 1. The summed E-state index contributed by atoms with van der Waals surface area (Å²) in [4.78, 5) is 2.50. The van der Waals surface area contributed by atoms with Crippen molar-refractivity contribution in [3.8, 4) is 0 Å². The van der Waals surface area contributed by atoms with Gasteiger partial charge in [-0.1, -0.05) is 19.0 Å². The zero-order chi connectivity index (χ0) is 13.5. The zero-order valence-electron chi connectivity index (χ0n) is 12.3. The van der Waals surface area contributed by atoms with E-state index >= 15 is 0 Å². The average molecular weight is 265 g/mol. The van der Waals surface area contributed by atoms with Crippen molar-refractivity contribution in [1.29, 1.82) is 0 Å². The molecule has 0 atom stereocenters. The van der Waals surface area contributed by atoms with E-state index in [-0.39, 0.29) is 0 Å². The molecule has 4 heteroatoms. The minimum absolute atomic E-state index is 0.813. The molecule has 1 heterocycles. The molecule has 0 amide bonds. The van der Waals surface area contributed by atoms with Gasteiger partial charge in [0, 0.05) is 19.2 Å². The van der Waals surface area contributed by atoms with Crippen LogP contribution in [0.2, 0.25) is 0 Å². The van der Waals surface area contributed by atoms with E-state index in [4.69, 9.17) is 4.52 Å². The Labute approximate surface area is 116 Å². The first kappa shape index (κ1) is 14.5. The number of aromatic nitrogens is 1. The van der Waals surface area contributed by atoms with Gasteiger partial charge in [0.2, 0.25) is 0 Å². The summed E-state index contributed by atoms with van der Waals surface area (Å²) in [5, 5.41) is 7.48. The lowest BCUT2D eigenvalue weighted by molar-refractivity contribution is 0.223. The van der Waals surface area contributed by atoms with Gasteiger partial charge in [-0.2, -0.15) is 0 Å². The third-order valence-corrected chi connectivity index (χ3v) is 3.47. The van der Waals surface area contributed by atoms with Gasteiger partial charge >= 0.3 is 0 Å². The minimum atomic E-state index is 0.813. The van der Waals surface area contributed by atoms with Crippen molar-refractivity contribution in [2.75, 3.05) is 19.6 Å². The Balaban J connectivity index is 1.78. The summed E-state index contributed by atoms with van der Waals surface area (Å²) in [6.45, 7) is 9.53. The average Bonchev–Trinajstić information content (AvgIpc) is 3.09. The quantitative estimate of drug-likeness (QED) is 0.661. The van der Waals surface area contributed by atoms with E-state index < -0.39 is 0 Å². The molecule has 0 aliphatic heterocycles. The van der Waals surface area contributed by atoms with Crippen molar-refractivity contribution in [3.63, 3.8) is 0 Å². The Kier molecular flexibility index (Phi) is 5.86. The van der Waals surface area contributed by atoms with Crippen molar-refractivity contribution >= 4 is 0 Å². The summed E-state index contributed by atoms with van der Waals surface area (Å²) >= 11 is 0. The Morgan fingerprint density at radius 3 is 2.89 bits per heavy atom. The van der Waals surface area contributed by atoms with Crippen molar-refractivity contribution in [2.24, 2.45) is 5.92 Å². The first-order valence-corrected chi connectivity index (χ1v) is 7.69. The minimum Gasteiger partial charge on any atom is -0.360 e. The standard InChI is InChI=1S/C15H27N3O/c1-3-7-16-10-14-9-15(19-17-14)12-18(8-4-2)11-13-5-6-13/h9,13,16H,3-8,10-12H2,1-2H3. The maximum atomic E-state index is 5.44. The van der Waals surface area contributed by atoms with Crippen LogP contribution < -0.4 is 5.32 Å². The Bertz CT molecular complexity index is 360. The predicted molar refractivity (Wildman–Crippen MR) is 76.8 cm³/mol. The van der Waals surface area contributed by atoms with Crippen LogP contribution in [0.15, 0.2) is 10.6 Å². The highest BCUT2D eigenvalue weighted by Gasteiger charge is 2.24. The van der Waals surface area contributed by atoms with E-state index in [2.05, 4.69) is 35.3 Å². The van der Waals surface area contributed by atoms with Crippen LogP contribution in [-0.4, -0.2) is 29.7 Å². The molecule has 1 aromatic rings. The number of rotatable bonds is 10. The summed E-state index contributed by atoms with van der Waals surface area (Å²) < 4.78 is 5.44. The Morgan fingerprint density at radius 2 is 2.21 bits per heavy atom. The first-order valence-electron chi connectivity index (χ1n) is 7.69. The normalized spacial score (nSPS) is 15.3. The lowest BCUT2D eigenvalue weighted by Crippen LogP contribution is -2.26. The van der Waals surface area contributed by atoms with Gasteiger partial charge < -0.3 is 9.84 Å². The summed E-state index contributed by atoms with van der Waals surface area (Å²) in [6, 6.07) is 2.10. The van der Waals surface area contributed by atoms with Crippen molar-refractivity contribution in [1.82, 2.24) is 15.4 Å². The summed E-state index contributed by atoms with van der Waals surface area (Å²) in [5.41, 5.74) is 1.02. The topological polar surface area (TPSA) is 41.3 Å². The molecule has 0 radical (unpaired) electrons. The largest absolute Gasteiger partial charge is 0.360 e. The second-order valence-corrected chi connectivity index (χ2v) is 5.64. The fourth-order valence-corrected chi connectivity index (χ4v) is 2.34. The van der Waals surface area contributed by atoms with E-state index in [0.29, 0.717) is 0 Å². The van der Waals surface area contributed by atoms with Gasteiger partial charge in [-0.3, -0.25) is 4.90 Å². The SMILES string of the molecule is CCCNCc1cc(CN(CCC)CC2CC2)on1. The molecule has 19 heavy (non-hydrogen) atoms. The highest BCUT2D eigenvalue weighted by Crippen LogP contribution is 2.30. The molecule has 0 unspecified atom stereocenters. The van der Waals surface area contributed by atoms with Crippen LogP contribution in [-0.2, 0) is 13.1 Å². The lowest BCUT2D eigenvalue weighted by Gasteiger charge is -2.19. The molecule has 4 nitrogen and oxygen atoms in total. The monoisotopic (exact) mass is 265 g/mol. The number of hydrogen-bond acceptors (Lipinski definition) is 4.